The number of carbonyl (C=O) groups is 1. The largest absolute Gasteiger partial charge is 0.427 e. The van der Waals surface area contributed by atoms with Crippen molar-refractivity contribution < 1.29 is 10.9 Å². The Bertz CT molecular complexity index is 293. The van der Waals surface area contributed by atoms with Crippen molar-refractivity contribution in [1.82, 2.24) is 0 Å². The topological polar surface area (TPSA) is 26.3 Å². The molecule has 1 aromatic rings. The van der Waals surface area contributed by atoms with Crippen LogP contribution in [0.15, 0.2) is 30.3 Å². The molecule has 0 heterocycles. The molecule has 0 saturated heterocycles. The third-order valence-electron chi connectivity index (χ3n) is 1.65. The molecule has 2 nitrogen and oxygen atoms in total. The number of rotatable bonds is 4. The summed E-state index contributed by atoms with van der Waals surface area (Å²) in [7, 11) is 0. The zero-order chi connectivity index (χ0) is 10.4. The van der Waals surface area contributed by atoms with Gasteiger partial charge in [0.25, 0.3) is 0 Å². The zero-order valence-electron chi connectivity index (χ0n) is 8.75. The van der Waals surface area contributed by atoms with Crippen molar-refractivity contribution in [2.45, 2.75) is 26.2 Å². The first-order valence-corrected chi connectivity index (χ1v) is 4.49. The van der Waals surface area contributed by atoms with E-state index in [0.29, 0.717) is 18.2 Å². The van der Waals surface area contributed by atoms with Gasteiger partial charge >= 0.3 is 5.97 Å². The standard InChI is InChI=1S/C11H14O2/c1-2-3-9-11(12)13-10-7-5-4-6-8-10/h4-8H,2-3,9H2,1H3/i4D. The summed E-state index contributed by atoms with van der Waals surface area (Å²) in [4.78, 5) is 11.2. The highest BCUT2D eigenvalue weighted by Gasteiger charge is 2.02. The zero-order valence-corrected chi connectivity index (χ0v) is 7.75. The summed E-state index contributed by atoms with van der Waals surface area (Å²) < 4.78 is 12.3. The third kappa shape index (κ3) is 3.74. The Morgan fingerprint density at radius 1 is 1.54 bits per heavy atom. The molecule has 0 spiro atoms. The number of hydrogen-bond acceptors (Lipinski definition) is 2. The molecule has 0 radical (unpaired) electrons. The molecule has 0 aromatic heterocycles. The molecule has 1 aromatic carbocycles. The van der Waals surface area contributed by atoms with Crippen LogP contribution in [0.2, 0.25) is 0 Å². The molecule has 0 fully saturated rings. The van der Waals surface area contributed by atoms with Crippen LogP contribution in [0.25, 0.3) is 0 Å². The molecular weight excluding hydrogens is 164 g/mol. The molecular formula is C11H14O2. The van der Waals surface area contributed by atoms with Gasteiger partial charge in [-0.3, -0.25) is 4.79 Å². The third-order valence-corrected chi connectivity index (χ3v) is 1.65. The van der Waals surface area contributed by atoms with Crippen LogP contribution in [0, 0.1) is 0 Å². The molecule has 0 aliphatic heterocycles. The average Bonchev–Trinajstić information content (AvgIpc) is 2.18. The monoisotopic (exact) mass is 179 g/mol. The normalized spacial score (nSPS) is 10.7. The fraction of sp³-hybridized carbons (Fsp3) is 0.364. The first-order valence-electron chi connectivity index (χ1n) is 4.99. The van der Waals surface area contributed by atoms with Crippen molar-refractivity contribution in [3.05, 3.63) is 30.3 Å². The second-order valence-electron chi connectivity index (χ2n) is 2.81. The van der Waals surface area contributed by atoms with E-state index in [1.807, 2.05) is 6.92 Å². The molecule has 0 bridgehead atoms. The maximum absolute atomic E-state index is 11.2. The molecule has 70 valence electrons. The van der Waals surface area contributed by atoms with Gasteiger partial charge in [0, 0.05) is 6.42 Å². The van der Waals surface area contributed by atoms with Gasteiger partial charge in [0.15, 0.2) is 0 Å². The Hall–Kier alpha value is -1.31. The van der Waals surface area contributed by atoms with Gasteiger partial charge in [-0.15, -0.1) is 0 Å². The number of ether oxygens (including phenoxy) is 1. The summed E-state index contributed by atoms with van der Waals surface area (Å²) in [5, 5.41) is 0. The SMILES string of the molecule is [2H]c1ccc(OC(=O)CCCC)cc1. The van der Waals surface area contributed by atoms with Gasteiger partial charge < -0.3 is 4.74 Å². The lowest BCUT2D eigenvalue weighted by Crippen LogP contribution is -2.06. The highest BCUT2D eigenvalue weighted by atomic mass is 16.5. The minimum atomic E-state index is -0.204. The van der Waals surface area contributed by atoms with E-state index in [4.69, 9.17) is 6.11 Å². The van der Waals surface area contributed by atoms with Crippen molar-refractivity contribution in [2.75, 3.05) is 0 Å². The molecule has 13 heavy (non-hydrogen) atoms. The Balaban J connectivity index is 2.44. The quantitative estimate of drug-likeness (QED) is 0.524. The van der Waals surface area contributed by atoms with Crippen LogP contribution in [0.1, 0.15) is 27.6 Å². The molecule has 1 rings (SSSR count). The van der Waals surface area contributed by atoms with Gasteiger partial charge in [-0.25, -0.2) is 0 Å². The highest BCUT2D eigenvalue weighted by Crippen LogP contribution is 2.09. The lowest BCUT2D eigenvalue weighted by molar-refractivity contribution is -0.134. The Morgan fingerprint density at radius 2 is 2.23 bits per heavy atom. The van der Waals surface area contributed by atoms with Gasteiger partial charge in [0.1, 0.15) is 5.75 Å². The number of unbranched alkanes of at least 4 members (excludes halogenated alkanes) is 1. The van der Waals surface area contributed by atoms with Crippen LogP contribution >= 0.6 is 0 Å². The highest BCUT2D eigenvalue weighted by molar-refractivity contribution is 5.72. The van der Waals surface area contributed by atoms with Crippen molar-refractivity contribution in [1.29, 1.82) is 0 Å². The average molecular weight is 179 g/mol. The molecule has 0 aliphatic rings. The lowest BCUT2D eigenvalue weighted by Gasteiger charge is -2.02. The Morgan fingerprint density at radius 3 is 2.85 bits per heavy atom. The van der Waals surface area contributed by atoms with Crippen LogP contribution < -0.4 is 4.74 Å². The second kappa shape index (κ2) is 5.36. The second-order valence-corrected chi connectivity index (χ2v) is 2.81. The van der Waals surface area contributed by atoms with Gasteiger partial charge in [-0.1, -0.05) is 31.5 Å². The predicted molar refractivity (Wildman–Crippen MR) is 51.6 cm³/mol. The van der Waals surface area contributed by atoms with Crippen molar-refractivity contribution in [3.63, 3.8) is 0 Å². The van der Waals surface area contributed by atoms with E-state index < -0.39 is 0 Å². The molecule has 2 heteroatoms. The van der Waals surface area contributed by atoms with Crippen LogP contribution in [0.4, 0.5) is 0 Å². The summed E-state index contributed by atoms with van der Waals surface area (Å²) in [5.74, 6) is 0.312. The molecule has 0 saturated carbocycles. The fourth-order valence-electron chi connectivity index (χ4n) is 0.943. The number of carbonyl (C=O) groups excluding carboxylic acids is 1. The van der Waals surface area contributed by atoms with Crippen molar-refractivity contribution in [2.24, 2.45) is 0 Å². The van der Waals surface area contributed by atoms with E-state index in [0.717, 1.165) is 12.8 Å². The van der Waals surface area contributed by atoms with E-state index in [2.05, 4.69) is 0 Å². The van der Waals surface area contributed by atoms with E-state index in [1.54, 1.807) is 24.3 Å². The lowest BCUT2D eigenvalue weighted by atomic mass is 10.2. The molecule has 0 atom stereocenters. The van der Waals surface area contributed by atoms with Crippen LogP contribution in [0.3, 0.4) is 0 Å². The Labute approximate surface area is 79.9 Å². The summed E-state index contributed by atoms with van der Waals surface area (Å²) in [6.45, 7) is 2.03. The smallest absolute Gasteiger partial charge is 0.311 e. The summed E-state index contributed by atoms with van der Waals surface area (Å²) in [6, 6.07) is 6.88. The number of benzene rings is 1. The van der Waals surface area contributed by atoms with Gasteiger partial charge in [0.05, 0.1) is 1.37 Å². The van der Waals surface area contributed by atoms with Gasteiger partial charge in [-0.2, -0.15) is 0 Å². The number of hydrogen-bond donors (Lipinski definition) is 0. The van der Waals surface area contributed by atoms with E-state index in [1.165, 1.54) is 0 Å². The first-order chi connectivity index (χ1) is 6.72. The Kier molecular flexibility index (Phi) is 3.42. The predicted octanol–water partition coefficient (Wildman–Crippen LogP) is 2.78. The molecule has 0 unspecified atom stereocenters. The minimum Gasteiger partial charge on any atom is -0.427 e. The number of para-hydroxylation sites is 1. The summed E-state index contributed by atoms with van der Waals surface area (Å²) in [5.41, 5.74) is 0. The van der Waals surface area contributed by atoms with Crippen LogP contribution in [-0.4, -0.2) is 5.97 Å². The fourth-order valence-corrected chi connectivity index (χ4v) is 0.943. The van der Waals surface area contributed by atoms with E-state index in [9.17, 15) is 4.79 Å². The first kappa shape index (κ1) is 8.30. The molecule has 0 amide bonds. The summed E-state index contributed by atoms with van der Waals surface area (Å²) >= 11 is 0. The van der Waals surface area contributed by atoms with Gasteiger partial charge in [0.2, 0.25) is 0 Å². The van der Waals surface area contributed by atoms with E-state index in [-0.39, 0.29) is 5.97 Å². The van der Waals surface area contributed by atoms with Crippen molar-refractivity contribution >= 4 is 5.97 Å². The molecule has 0 aliphatic carbocycles. The maximum atomic E-state index is 11.2. The minimum absolute atomic E-state index is 0.204. The van der Waals surface area contributed by atoms with Crippen LogP contribution in [0.5, 0.6) is 5.75 Å². The van der Waals surface area contributed by atoms with Crippen LogP contribution in [-0.2, 0) is 4.79 Å². The maximum Gasteiger partial charge on any atom is 0.311 e. The van der Waals surface area contributed by atoms with Crippen molar-refractivity contribution in [3.8, 4) is 5.75 Å². The molecule has 0 N–H and O–H groups in total. The number of esters is 1. The van der Waals surface area contributed by atoms with E-state index >= 15 is 0 Å². The van der Waals surface area contributed by atoms with Gasteiger partial charge in [-0.05, 0) is 18.6 Å². The summed E-state index contributed by atoms with van der Waals surface area (Å²) in [6.07, 6.45) is 2.30.